The maximum Gasteiger partial charge on any atom is 0.263 e. The molecular weight excluding hydrogens is 462 g/mol. The van der Waals surface area contributed by atoms with Gasteiger partial charge in [-0.05, 0) is 60.9 Å². The average molecular weight is 486 g/mol. The maximum absolute atomic E-state index is 13.4. The number of aromatic nitrogens is 4. The zero-order chi connectivity index (χ0) is 24.5. The van der Waals surface area contributed by atoms with Crippen LogP contribution in [0.5, 0.6) is 0 Å². The van der Waals surface area contributed by atoms with Gasteiger partial charge in [-0.3, -0.25) is 18.6 Å². The summed E-state index contributed by atoms with van der Waals surface area (Å²) in [5, 5.41) is 12.8. The highest BCUT2D eigenvalue weighted by molar-refractivity contribution is 6.31. The number of anilines is 1. The highest BCUT2D eigenvalue weighted by atomic mass is 35.5. The van der Waals surface area contributed by atoms with Crippen LogP contribution in [0.25, 0.3) is 16.7 Å². The first-order valence-electron chi connectivity index (χ1n) is 11.4. The van der Waals surface area contributed by atoms with Crippen molar-refractivity contribution in [1.29, 1.82) is 0 Å². The molecule has 0 aliphatic carbocycles. The van der Waals surface area contributed by atoms with Crippen LogP contribution in [0.4, 0.5) is 5.69 Å². The minimum absolute atomic E-state index is 0.111. The minimum Gasteiger partial charge on any atom is -0.326 e. The van der Waals surface area contributed by atoms with Crippen LogP contribution >= 0.6 is 11.6 Å². The molecule has 1 amide bonds. The Kier molecular flexibility index (Phi) is 6.09. The Morgan fingerprint density at radius 3 is 2.46 bits per heavy atom. The molecule has 0 atom stereocenters. The summed E-state index contributed by atoms with van der Waals surface area (Å²) in [5.74, 6) is 0.915. The first kappa shape index (κ1) is 22.8. The molecule has 0 radical (unpaired) electrons. The molecule has 0 bridgehead atoms. The second-order valence-electron chi connectivity index (χ2n) is 8.68. The smallest absolute Gasteiger partial charge is 0.263 e. The lowest BCUT2D eigenvalue weighted by atomic mass is 10.1. The number of nitrogens with one attached hydrogen (secondary N) is 1. The number of carbonyl (C=O) groups excluding carboxylic acids is 1. The van der Waals surface area contributed by atoms with Crippen LogP contribution < -0.4 is 10.9 Å². The summed E-state index contributed by atoms with van der Waals surface area (Å²) < 4.78 is 3.44. The molecule has 3 aromatic carbocycles. The van der Waals surface area contributed by atoms with Crippen LogP contribution in [0.3, 0.4) is 0 Å². The number of carbonyl (C=O) groups is 1. The Hall–Kier alpha value is -3.97. The number of para-hydroxylation sites is 1. The second kappa shape index (κ2) is 9.35. The van der Waals surface area contributed by atoms with Gasteiger partial charge in [0.1, 0.15) is 5.82 Å². The quantitative estimate of drug-likeness (QED) is 0.369. The van der Waals surface area contributed by atoms with Crippen molar-refractivity contribution >= 4 is 39.9 Å². The van der Waals surface area contributed by atoms with Crippen molar-refractivity contribution in [3.63, 3.8) is 0 Å². The van der Waals surface area contributed by atoms with Crippen molar-refractivity contribution in [1.82, 2.24) is 19.2 Å². The van der Waals surface area contributed by atoms with Gasteiger partial charge in [0.2, 0.25) is 11.7 Å². The van der Waals surface area contributed by atoms with Gasteiger partial charge in [-0.2, -0.15) is 0 Å². The maximum atomic E-state index is 13.4. The van der Waals surface area contributed by atoms with Gasteiger partial charge in [0.05, 0.1) is 17.4 Å². The summed E-state index contributed by atoms with van der Waals surface area (Å²) in [7, 11) is 0. The lowest BCUT2D eigenvalue weighted by Gasteiger charge is -2.12. The first-order chi connectivity index (χ1) is 16.9. The van der Waals surface area contributed by atoms with E-state index >= 15 is 0 Å². The Morgan fingerprint density at radius 2 is 1.69 bits per heavy atom. The van der Waals surface area contributed by atoms with E-state index < -0.39 is 0 Å². The molecule has 7 nitrogen and oxygen atoms in total. The Labute approximate surface area is 207 Å². The van der Waals surface area contributed by atoms with Crippen LogP contribution in [0.2, 0.25) is 5.02 Å². The molecule has 0 aliphatic rings. The van der Waals surface area contributed by atoms with Crippen molar-refractivity contribution in [2.75, 3.05) is 5.32 Å². The van der Waals surface area contributed by atoms with Gasteiger partial charge in [0.25, 0.3) is 5.56 Å². The predicted octanol–water partition coefficient (Wildman–Crippen LogP) is 4.93. The van der Waals surface area contributed by atoms with Gasteiger partial charge in [0.15, 0.2) is 0 Å². The van der Waals surface area contributed by atoms with Crippen molar-refractivity contribution in [3.05, 3.63) is 105 Å². The number of halogens is 1. The van der Waals surface area contributed by atoms with E-state index in [0.29, 0.717) is 33.9 Å². The SMILES string of the molecule is Cc1cc(C)cc(NC(=O)CCc2nnc3n(Cc4ccccc4Cl)c(=O)c4ccccc4n23)c1. The van der Waals surface area contributed by atoms with E-state index in [1.54, 1.807) is 16.7 Å². The number of hydrogen-bond donors (Lipinski definition) is 1. The third kappa shape index (κ3) is 4.55. The predicted molar refractivity (Wildman–Crippen MR) is 138 cm³/mol. The zero-order valence-electron chi connectivity index (χ0n) is 19.5. The second-order valence-corrected chi connectivity index (χ2v) is 9.08. The molecule has 35 heavy (non-hydrogen) atoms. The summed E-state index contributed by atoms with van der Waals surface area (Å²) in [4.78, 5) is 26.1. The van der Waals surface area contributed by atoms with E-state index in [4.69, 9.17) is 11.6 Å². The van der Waals surface area contributed by atoms with Crippen molar-refractivity contribution in [2.24, 2.45) is 0 Å². The number of rotatable bonds is 6. The van der Waals surface area contributed by atoms with E-state index in [1.807, 2.05) is 66.8 Å². The standard InChI is InChI=1S/C27H24ClN5O2/c1-17-13-18(2)15-20(14-17)29-25(34)12-11-24-30-31-27-32(16-19-7-3-5-9-22(19)28)26(35)21-8-4-6-10-23(21)33(24)27/h3-10,13-15H,11-12,16H2,1-2H3,(H,29,34). The molecule has 0 saturated carbocycles. The van der Waals surface area contributed by atoms with E-state index in [-0.39, 0.29) is 24.4 Å². The molecular formula is C27H24ClN5O2. The molecule has 5 rings (SSSR count). The van der Waals surface area contributed by atoms with Crippen LogP contribution in [0, 0.1) is 13.8 Å². The van der Waals surface area contributed by atoms with Gasteiger partial charge in [-0.1, -0.05) is 48.0 Å². The summed E-state index contributed by atoms with van der Waals surface area (Å²) in [6.07, 6.45) is 0.595. The van der Waals surface area contributed by atoms with Crippen LogP contribution in [0.15, 0.2) is 71.5 Å². The summed E-state index contributed by atoms with van der Waals surface area (Å²) in [6, 6.07) is 20.7. The monoisotopic (exact) mass is 485 g/mol. The molecule has 8 heteroatoms. The highest BCUT2D eigenvalue weighted by Gasteiger charge is 2.18. The minimum atomic E-state index is -0.167. The normalized spacial score (nSPS) is 11.3. The van der Waals surface area contributed by atoms with E-state index in [1.165, 1.54) is 0 Å². The zero-order valence-corrected chi connectivity index (χ0v) is 20.2. The van der Waals surface area contributed by atoms with E-state index in [9.17, 15) is 9.59 Å². The molecule has 2 heterocycles. The summed E-state index contributed by atoms with van der Waals surface area (Å²) in [6.45, 7) is 4.26. The third-order valence-electron chi connectivity index (χ3n) is 5.94. The molecule has 1 N–H and O–H groups in total. The summed E-state index contributed by atoms with van der Waals surface area (Å²) in [5.41, 5.74) is 4.30. The Bertz CT molecular complexity index is 1620. The molecule has 2 aromatic heterocycles. The van der Waals surface area contributed by atoms with E-state index in [2.05, 4.69) is 21.6 Å². The third-order valence-corrected chi connectivity index (χ3v) is 6.31. The average Bonchev–Trinajstić information content (AvgIpc) is 3.25. The lowest BCUT2D eigenvalue weighted by Crippen LogP contribution is -2.24. The molecule has 5 aromatic rings. The number of benzene rings is 3. The molecule has 0 unspecified atom stereocenters. The highest BCUT2D eigenvalue weighted by Crippen LogP contribution is 2.20. The number of amides is 1. The topological polar surface area (TPSA) is 81.3 Å². The van der Waals surface area contributed by atoms with Crippen LogP contribution in [0.1, 0.15) is 28.9 Å². The fraction of sp³-hybridized carbons (Fsp3) is 0.185. The number of aryl methyl sites for hydroxylation is 3. The number of fused-ring (bicyclic) bond motifs is 3. The van der Waals surface area contributed by atoms with E-state index in [0.717, 1.165) is 22.4 Å². The Balaban J connectivity index is 1.50. The van der Waals surface area contributed by atoms with Gasteiger partial charge in [-0.25, -0.2) is 0 Å². The van der Waals surface area contributed by atoms with Crippen molar-refractivity contribution in [3.8, 4) is 0 Å². The fourth-order valence-corrected chi connectivity index (χ4v) is 4.61. The van der Waals surface area contributed by atoms with Crippen molar-refractivity contribution < 1.29 is 4.79 Å². The molecule has 0 spiro atoms. The van der Waals surface area contributed by atoms with Gasteiger partial charge in [-0.15, -0.1) is 10.2 Å². The molecule has 176 valence electrons. The van der Waals surface area contributed by atoms with Gasteiger partial charge < -0.3 is 5.32 Å². The van der Waals surface area contributed by atoms with Crippen LogP contribution in [-0.2, 0) is 17.8 Å². The number of nitrogens with zero attached hydrogens (tertiary/aromatic N) is 4. The van der Waals surface area contributed by atoms with Gasteiger partial charge in [0, 0.05) is 23.6 Å². The lowest BCUT2D eigenvalue weighted by molar-refractivity contribution is -0.116. The Morgan fingerprint density at radius 1 is 0.971 bits per heavy atom. The molecule has 0 fully saturated rings. The number of hydrogen-bond acceptors (Lipinski definition) is 4. The van der Waals surface area contributed by atoms with Crippen molar-refractivity contribution in [2.45, 2.75) is 33.2 Å². The largest absolute Gasteiger partial charge is 0.326 e. The van der Waals surface area contributed by atoms with Crippen LogP contribution in [-0.4, -0.2) is 25.1 Å². The fourth-order valence-electron chi connectivity index (χ4n) is 4.41. The molecule has 0 saturated heterocycles. The molecule has 0 aliphatic heterocycles. The van der Waals surface area contributed by atoms with Gasteiger partial charge >= 0.3 is 0 Å². The summed E-state index contributed by atoms with van der Waals surface area (Å²) >= 11 is 6.37. The first-order valence-corrected chi connectivity index (χ1v) is 11.8.